The predicted octanol–water partition coefficient (Wildman–Crippen LogP) is 3.92. The van der Waals surface area contributed by atoms with Crippen LogP contribution in [0.5, 0.6) is 0 Å². The van der Waals surface area contributed by atoms with Crippen LogP contribution < -0.4 is 4.90 Å². The Labute approximate surface area is 171 Å². The molecule has 9 heteroatoms. The number of pyridine rings is 1. The first-order valence-corrected chi connectivity index (χ1v) is 11.6. The summed E-state index contributed by atoms with van der Waals surface area (Å²) in [6.45, 7) is 3.73. The van der Waals surface area contributed by atoms with E-state index in [9.17, 15) is 21.6 Å². The normalized spacial score (nSPS) is 16.2. The number of hydrogen-bond acceptors (Lipinski definition) is 4. The fourth-order valence-corrected chi connectivity index (χ4v) is 4.48. The van der Waals surface area contributed by atoms with Gasteiger partial charge in [0.2, 0.25) is 10.0 Å². The number of sulfonamides is 1. The van der Waals surface area contributed by atoms with Crippen molar-refractivity contribution in [1.82, 2.24) is 9.29 Å². The van der Waals surface area contributed by atoms with Crippen molar-refractivity contribution in [3.05, 3.63) is 23.9 Å². The lowest BCUT2D eigenvalue weighted by molar-refractivity contribution is -0.137. The van der Waals surface area contributed by atoms with Gasteiger partial charge in [-0.15, -0.1) is 11.8 Å². The van der Waals surface area contributed by atoms with Crippen molar-refractivity contribution in [3.8, 4) is 11.8 Å². The molecule has 2 heterocycles. The molecule has 1 aliphatic heterocycles. The fraction of sp³-hybridized carbons (Fsp3) is 0.650. The van der Waals surface area contributed by atoms with E-state index in [0.29, 0.717) is 38.3 Å². The zero-order valence-corrected chi connectivity index (χ0v) is 17.5. The quantitative estimate of drug-likeness (QED) is 0.485. The number of nitrogens with zero attached hydrogens (tertiary/aromatic N) is 3. The molecule has 0 unspecified atom stereocenters. The van der Waals surface area contributed by atoms with Crippen LogP contribution >= 0.6 is 0 Å². The van der Waals surface area contributed by atoms with Gasteiger partial charge in [-0.25, -0.2) is 17.7 Å². The highest BCUT2D eigenvalue weighted by molar-refractivity contribution is 7.89. The molecule has 0 radical (unpaired) electrons. The third-order valence-corrected chi connectivity index (χ3v) is 6.63. The van der Waals surface area contributed by atoms with Crippen LogP contribution in [-0.4, -0.2) is 49.6 Å². The van der Waals surface area contributed by atoms with Crippen molar-refractivity contribution < 1.29 is 21.6 Å². The van der Waals surface area contributed by atoms with E-state index in [2.05, 4.69) is 23.7 Å². The smallest absolute Gasteiger partial charge is 0.355 e. The number of alkyl halides is 3. The molecule has 0 atom stereocenters. The summed E-state index contributed by atoms with van der Waals surface area (Å²) in [5.41, 5.74) is -0.795. The Balaban J connectivity index is 1.88. The Bertz CT molecular complexity index is 799. The second kappa shape index (κ2) is 10.8. The summed E-state index contributed by atoms with van der Waals surface area (Å²) in [5, 5.41) is 0. The Kier molecular flexibility index (Phi) is 8.78. The first-order valence-electron chi connectivity index (χ1n) is 9.96. The lowest BCUT2D eigenvalue weighted by Crippen LogP contribution is -2.36. The molecule has 29 heavy (non-hydrogen) atoms. The van der Waals surface area contributed by atoms with Crippen LogP contribution in [0.1, 0.15) is 51.0 Å². The molecule has 162 valence electrons. The van der Waals surface area contributed by atoms with Gasteiger partial charge in [0.15, 0.2) is 0 Å². The molecule has 0 aliphatic carbocycles. The Hall–Kier alpha value is -1.79. The van der Waals surface area contributed by atoms with Crippen LogP contribution in [0.4, 0.5) is 19.0 Å². The number of rotatable bonds is 7. The summed E-state index contributed by atoms with van der Waals surface area (Å²) in [6, 6.07) is 2.34. The lowest BCUT2D eigenvalue weighted by atomic mass is 10.2. The zero-order chi connectivity index (χ0) is 21.3. The molecule has 0 spiro atoms. The predicted molar refractivity (Wildman–Crippen MR) is 108 cm³/mol. The highest BCUT2D eigenvalue weighted by Gasteiger charge is 2.31. The van der Waals surface area contributed by atoms with Crippen molar-refractivity contribution in [2.45, 2.75) is 51.6 Å². The molecule has 1 fully saturated rings. The molecular formula is C20H28F3N3O2S. The van der Waals surface area contributed by atoms with E-state index < -0.39 is 21.8 Å². The van der Waals surface area contributed by atoms with Crippen molar-refractivity contribution in [2.24, 2.45) is 0 Å². The average Bonchev–Trinajstić information content (AvgIpc) is 2.93. The van der Waals surface area contributed by atoms with Gasteiger partial charge in [-0.05, 0) is 25.0 Å². The number of halogens is 3. The van der Waals surface area contributed by atoms with Crippen LogP contribution in [0.2, 0.25) is 0 Å². The van der Waals surface area contributed by atoms with Crippen molar-refractivity contribution in [3.63, 3.8) is 0 Å². The monoisotopic (exact) mass is 431 g/mol. The van der Waals surface area contributed by atoms with Gasteiger partial charge in [0.25, 0.3) is 0 Å². The van der Waals surface area contributed by atoms with Crippen LogP contribution in [0.3, 0.4) is 0 Å². The van der Waals surface area contributed by atoms with Gasteiger partial charge < -0.3 is 4.90 Å². The van der Waals surface area contributed by atoms with E-state index in [4.69, 9.17) is 0 Å². The minimum atomic E-state index is -4.42. The maximum absolute atomic E-state index is 12.7. The summed E-state index contributed by atoms with van der Waals surface area (Å²) < 4.78 is 64.6. The Morgan fingerprint density at radius 3 is 2.48 bits per heavy atom. The first kappa shape index (κ1) is 23.5. The average molecular weight is 432 g/mol. The van der Waals surface area contributed by atoms with Crippen LogP contribution in [-0.2, 0) is 16.2 Å². The van der Waals surface area contributed by atoms with Crippen molar-refractivity contribution in [1.29, 1.82) is 0 Å². The molecule has 0 amide bonds. The molecule has 1 aromatic rings. The molecule has 0 saturated carbocycles. The topological polar surface area (TPSA) is 53.5 Å². The van der Waals surface area contributed by atoms with Gasteiger partial charge in [0.1, 0.15) is 5.82 Å². The second-order valence-electron chi connectivity index (χ2n) is 7.02. The summed E-state index contributed by atoms with van der Waals surface area (Å²) >= 11 is 0. The molecule has 1 saturated heterocycles. The lowest BCUT2D eigenvalue weighted by Gasteiger charge is -2.22. The van der Waals surface area contributed by atoms with Gasteiger partial charge in [0.05, 0.1) is 11.3 Å². The summed E-state index contributed by atoms with van der Waals surface area (Å²) in [7, 11) is -3.40. The van der Waals surface area contributed by atoms with Crippen LogP contribution in [0, 0.1) is 11.8 Å². The third-order valence-electron chi connectivity index (χ3n) is 4.76. The number of aromatic nitrogens is 1. The molecular weight excluding hydrogens is 403 g/mol. The van der Waals surface area contributed by atoms with E-state index in [1.54, 1.807) is 0 Å². The van der Waals surface area contributed by atoms with E-state index in [1.807, 2.05) is 4.90 Å². The highest BCUT2D eigenvalue weighted by Crippen LogP contribution is 2.29. The fourth-order valence-electron chi connectivity index (χ4n) is 3.09. The molecule has 1 aliphatic rings. The molecule has 0 bridgehead atoms. The first-order chi connectivity index (χ1) is 13.7. The SMILES string of the molecule is CCCCCC#CCCS(=O)(=O)N1CCCN(c2ccc(C(F)(F)F)cn2)CC1. The molecule has 1 aromatic heterocycles. The number of anilines is 1. The molecule has 5 nitrogen and oxygen atoms in total. The molecule has 2 rings (SSSR count). The van der Waals surface area contributed by atoms with E-state index in [1.165, 1.54) is 10.4 Å². The van der Waals surface area contributed by atoms with Gasteiger partial charge in [-0.1, -0.05) is 19.8 Å². The van der Waals surface area contributed by atoms with Crippen molar-refractivity contribution >= 4 is 15.8 Å². The standard InChI is InChI=1S/C20H28F3N3O2S/c1-2-3-4-5-6-7-8-16-29(27,28)26-13-9-12-25(14-15-26)19-11-10-18(17-24-19)20(21,22)23/h10-11,17H,2-5,8-9,12-16H2,1H3. The van der Waals surface area contributed by atoms with Gasteiger partial charge in [0, 0.05) is 45.2 Å². The number of unbranched alkanes of at least 4 members (excludes halogenated alkanes) is 3. The van der Waals surface area contributed by atoms with Crippen LogP contribution in [0.25, 0.3) is 0 Å². The highest BCUT2D eigenvalue weighted by atomic mass is 32.2. The largest absolute Gasteiger partial charge is 0.417 e. The summed E-state index contributed by atoms with van der Waals surface area (Å²) in [4.78, 5) is 5.73. The summed E-state index contributed by atoms with van der Waals surface area (Å²) in [5.74, 6) is 6.38. The van der Waals surface area contributed by atoms with Crippen LogP contribution in [0.15, 0.2) is 18.3 Å². The van der Waals surface area contributed by atoms with Crippen molar-refractivity contribution in [2.75, 3.05) is 36.8 Å². The minimum Gasteiger partial charge on any atom is -0.355 e. The second-order valence-corrected chi connectivity index (χ2v) is 9.11. The number of hydrogen-bond donors (Lipinski definition) is 0. The van der Waals surface area contributed by atoms with Gasteiger partial charge in [-0.3, -0.25) is 0 Å². The van der Waals surface area contributed by atoms with Gasteiger partial charge in [-0.2, -0.15) is 13.2 Å². The molecule has 0 N–H and O–H groups in total. The molecule has 0 aromatic carbocycles. The maximum atomic E-state index is 12.7. The van der Waals surface area contributed by atoms with E-state index in [0.717, 1.165) is 37.9 Å². The third kappa shape index (κ3) is 7.52. The Morgan fingerprint density at radius 1 is 1.07 bits per heavy atom. The zero-order valence-electron chi connectivity index (χ0n) is 16.7. The summed E-state index contributed by atoms with van der Waals surface area (Å²) in [6.07, 6.45) is 1.39. The Morgan fingerprint density at radius 2 is 1.83 bits per heavy atom. The maximum Gasteiger partial charge on any atom is 0.417 e. The minimum absolute atomic E-state index is 0.00763. The van der Waals surface area contributed by atoms with E-state index >= 15 is 0 Å². The van der Waals surface area contributed by atoms with Gasteiger partial charge >= 0.3 is 6.18 Å². The van der Waals surface area contributed by atoms with E-state index in [-0.39, 0.29) is 12.3 Å².